The van der Waals surface area contributed by atoms with Crippen LogP contribution in [0.2, 0.25) is 0 Å². The molecule has 0 atom stereocenters. The number of hydrogen-bond donors (Lipinski definition) is 0. The number of aryl methyl sites for hydroxylation is 2. The molecule has 0 N–H and O–H groups in total. The van der Waals surface area contributed by atoms with Crippen LogP contribution in [0.5, 0.6) is 0 Å². The summed E-state index contributed by atoms with van der Waals surface area (Å²) in [6.07, 6.45) is 6.95. The highest BCUT2D eigenvalue weighted by atomic mass is 16.5. The summed E-state index contributed by atoms with van der Waals surface area (Å²) < 4.78 is 4.75. The molecule has 0 heterocycles. The molecule has 0 amide bonds. The number of hydrogen-bond acceptors (Lipinski definition) is 2. The molecule has 0 saturated heterocycles. The van der Waals surface area contributed by atoms with Gasteiger partial charge in [0.15, 0.2) is 0 Å². The van der Waals surface area contributed by atoms with E-state index in [1.807, 2.05) is 0 Å². The molecule has 1 rings (SSSR count). The summed E-state index contributed by atoms with van der Waals surface area (Å²) in [6, 6.07) is 8.63. The zero-order valence-corrected chi connectivity index (χ0v) is 13.6. The lowest BCUT2D eigenvalue weighted by atomic mass is 10.0. The predicted molar refractivity (Wildman–Crippen MR) is 86.0 cm³/mol. The maximum atomic E-state index is 10.3. The van der Waals surface area contributed by atoms with Gasteiger partial charge in [-0.25, -0.2) is 0 Å². The van der Waals surface area contributed by atoms with Gasteiger partial charge in [-0.05, 0) is 30.4 Å². The summed E-state index contributed by atoms with van der Waals surface area (Å²) >= 11 is 0. The summed E-state index contributed by atoms with van der Waals surface area (Å²) in [5, 5.41) is 0. The first-order valence-corrected chi connectivity index (χ1v) is 7.85. The Labute approximate surface area is 124 Å². The highest BCUT2D eigenvalue weighted by Gasteiger charge is 1.94. The number of unbranched alkanes of at least 4 members (excludes halogenated alkanes) is 3. The molecular formula is C18H30O2. The third-order valence-corrected chi connectivity index (χ3v) is 3.18. The van der Waals surface area contributed by atoms with Gasteiger partial charge in [0.05, 0.1) is 6.61 Å². The van der Waals surface area contributed by atoms with E-state index in [2.05, 4.69) is 45.0 Å². The Bertz CT molecular complexity index is 335. The minimum atomic E-state index is -0.170. The number of carbonyl (C=O) groups is 1. The van der Waals surface area contributed by atoms with E-state index in [0.717, 1.165) is 19.3 Å². The quantitative estimate of drug-likeness (QED) is 0.521. The van der Waals surface area contributed by atoms with E-state index in [9.17, 15) is 4.79 Å². The first kappa shape index (κ1) is 18.7. The predicted octanol–water partition coefficient (Wildman–Crippen LogP) is 4.94. The van der Waals surface area contributed by atoms with E-state index in [1.165, 1.54) is 37.3 Å². The van der Waals surface area contributed by atoms with Crippen molar-refractivity contribution in [3.8, 4) is 0 Å². The van der Waals surface area contributed by atoms with Gasteiger partial charge in [-0.2, -0.15) is 0 Å². The average molecular weight is 278 g/mol. The van der Waals surface area contributed by atoms with Crippen LogP contribution in [0.1, 0.15) is 64.5 Å². The van der Waals surface area contributed by atoms with Gasteiger partial charge < -0.3 is 4.74 Å². The molecule has 2 heteroatoms. The molecular weight excluding hydrogens is 248 g/mol. The van der Waals surface area contributed by atoms with Crippen molar-refractivity contribution in [1.29, 1.82) is 0 Å². The van der Waals surface area contributed by atoms with Crippen LogP contribution in [0, 0.1) is 0 Å². The van der Waals surface area contributed by atoms with Crippen LogP contribution in [-0.4, -0.2) is 12.6 Å². The van der Waals surface area contributed by atoms with Crippen LogP contribution in [-0.2, 0) is 22.4 Å². The minimum Gasteiger partial charge on any atom is -0.466 e. The maximum Gasteiger partial charge on any atom is 0.302 e. The fourth-order valence-corrected chi connectivity index (χ4v) is 1.99. The lowest BCUT2D eigenvalue weighted by Gasteiger charge is -2.02. The molecule has 0 aliphatic heterocycles. The van der Waals surface area contributed by atoms with E-state index in [1.54, 1.807) is 0 Å². The van der Waals surface area contributed by atoms with Crippen LogP contribution < -0.4 is 0 Å². The Morgan fingerprint density at radius 3 is 1.90 bits per heavy atom. The molecule has 1 aromatic rings. The molecule has 114 valence electrons. The van der Waals surface area contributed by atoms with E-state index < -0.39 is 0 Å². The Morgan fingerprint density at radius 1 is 0.950 bits per heavy atom. The first-order valence-electron chi connectivity index (χ1n) is 7.85. The van der Waals surface area contributed by atoms with Crippen molar-refractivity contribution in [3.05, 3.63) is 35.4 Å². The smallest absolute Gasteiger partial charge is 0.302 e. The molecule has 0 aliphatic carbocycles. The van der Waals surface area contributed by atoms with Gasteiger partial charge >= 0.3 is 5.97 Å². The second kappa shape index (κ2) is 12.7. The Balaban J connectivity index is 0.000000361. The second-order valence-corrected chi connectivity index (χ2v) is 4.88. The fraction of sp³-hybridized carbons (Fsp3) is 0.611. The Morgan fingerprint density at radius 2 is 1.50 bits per heavy atom. The van der Waals surface area contributed by atoms with Gasteiger partial charge in [0.2, 0.25) is 0 Å². The van der Waals surface area contributed by atoms with Gasteiger partial charge in [0.1, 0.15) is 0 Å². The van der Waals surface area contributed by atoms with Crippen molar-refractivity contribution in [2.45, 2.75) is 66.2 Å². The van der Waals surface area contributed by atoms with Crippen molar-refractivity contribution >= 4 is 5.97 Å². The molecule has 1 aromatic carbocycles. The van der Waals surface area contributed by atoms with Crippen molar-refractivity contribution in [2.75, 3.05) is 6.61 Å². The SMILES string of the molecule is CCCCCCOC(C)=O.CCc1ccccc1CC. The maximum absolute atomic E-state index is 10.3. The zero-order chi connectivity index (χ0) is 15.2. The molecule has 0 bridgehead atoms. The monoisotopic (exact) mass is 278 g/mol. The highest BCUT2D eigenvalue weighted by molar-refractivity contribution is 5.65. The molecule has 0 saturated carbocycles. The number of rotatable bonds is 7. The Hall–Kier alpha value is -1.31. The van der Waals surface area contributed by atoms with E-state index in [-0.39, 0.29) is 5.97 Å². The molecule has 20 heavy (non-hydrogen) atoms. The number of ether oxygens (including phenoxy) is 1. The molecule has 0 aromatic heterocycles. The third-order valence-electron chi connectivity index (χ3n) is 3.18. The lowest BCUT2D eigenvalue weighted by molar-refractivity contribution is -0.141. The number of esters is 1. The van der Waals surface area contributed by atoms with Crippen LogP contribution in [0.4, 0.5) is 0 Å². The van der Waals surface area contributed by atoms with Crippen LogP contribution in [0.15, 0.2) is 24.3 Å². The summed E-state index contributed by atoms with van der Waals surface area (Å²) in [5.41, 5.74) is 2.98. The van der Waals surface area contributed by atoms with Gasteiger partial charge in [0, 0.05) is 6.92 Å². The fourth-order valence-electron chi connectivity index (χ4n) is 1.99. The van der Waals surface area contributed by atoms with Crippen molar-refractivity contribution in [1.82, 2.24) is 0 Å². The Kier molecular flexibility index (Phi) is 11.9. The lowest BCUT2D eigenvalue weighted by Crippen LogP contribution is -1.99. The summed E-state index contributed by atoms with van der Waals surface area (Å²) in [5.74, 6) is -0.170. The van der Waals surface area contributed by atoms with E-state index in [0.29, 0.717) is 6.61 Å². The summed E-state index contributed by atoms with van der Waals surface area (Å²) in [4.78, 5) is 10.3. The van der Waals surface area contributed by atoms with Crippen LogP contribution in [0.3, 0.4) is 0 Å². The average Bonchev–Trinajstić information content (AvgIpc) is 2.47. The summed E-state index contributed by atoms with van der Waals surface area (Å²) in [7, 11) is 0. The van der Waals surface area contributed by atoms with E-state index in [4.69, 9.17) is 4.74 Å². The van der Waals surface area contributed by atoms with Gasteiger partial charge in [0.25, 0.3) is 0 Å². The van der Waals surface area contributed by atoms with Crippen molar-refractivity contribution in [2.24, 2.45) is 0 Å². The third kappa shape index (κ3) is 9.60. The minimum absolute atomic E-state index is 0.170. The van der Waals surface area contributed by atoms with Crippen molar-refractivity contribution < 1.29 is 9.53 Å². The standard InChI is InChI=1S/C10H14.C8H16O2/c1-3-9-7-5-6-8-10(9)4-2;1-3-4-5-6-7-10-8(2)9/h5-8H,3-4H2,1-2H3;3-7H2,1-2H3. The number of carbonyl (C=O) groups excluding carboxylic acids is 1. The largest absolute Gasteiger partial charge is 0.466 e. The highest BCUT2D eigenvalue weighted by Crippen LogP contribution is 2.08. The molecule has 0 spiro atoms. The number of benzene rings is 1. The van der Waals surface area contributed by atoms with Gasteiger partial charge in [-0.15, -0.1) is 0 Å². The topological polar surface area (TPSA) is 26.3 Å². The molecule has 0 fully saturated rings. The first-order chi connectivity index (χ1) is 9.65. The van der Waals surface area contributed by atoms with Gasteiger partial charge in [-0.3, -0.25) is 4.79 Å². The van der Waals surface area contributed by atoms with E-state index >= 15 is 0 Å². The zero-order valence-electron chi connectivity index (χ0n) is 13.6. The molecule has 0 aliphatic rings. The summed E-state index contributed by atoms with van der Waals surface area (Å²) in [6.45, 7) is 8.60. The molecule has 2 nitrogen and oxygen atoms in total. The van der Waals surface area contributed by atoms with Crippen molar-refractivity contribution in [3.63, 3.8) is 0 Å². The van der Waals surface area contributed by atoms with Gasteiger partial charge in [-0.1, -0.05) is 64.3 Å². The normalized spacial score (nSPS) is 9.60. The second-order valence-electron chi connectivity index (χ2n) is 4.88. The molecule has 0 radical (unpaired) electrons. The molecule has 0 unspecified atom stereocenters. The van der Waals surface area contributed by atoms with Crippen LogP contribution in [0.25, 0.3) is 0 Å². The van der Waals surface area contributed by atoms with Crippen LogP contribution >= 0.6 is 0 Å².